The average molecular weight is 265 g/mol. The Morgan fingerprint density at radius 1 is 1.44 bits per heavy atom. The van der Waals surface area contributed by atoms with E-state index < -0.39 is 0 Å². The maximum atomic E-state index is 5.77. The topological polar surface area (TPSA) is 15.3 Å². The number of halogens is 1. The predicted molar refractivity (Wildman–Crippen MR) is 77.8 cm³/mol. The fourth-order valence-electron chi connectivity index (χ4n) is 2.40. The number of nitrogens with one attached hydrogen (secondary N) is 1. The zero-order valence-corrected chi connectivity index (χ0v) is 11.8. The zero-order valence-electron chi connectivity index (χ0n) is 11.1. The summed E-state index contributed by atoms with van der Waals surface area (Å²) in [6.07, 6.45) is 0. The van der Waals surface area contributed by atoms with E-state index in [1.807, 2.05) is 0 Å². The number of benzene rings is 1. The normalized spacial score (nSPS) is 26.3. The van der Waals surface area contributed by atoms with Crippen molar-refractivity contribution < 1.29 is 0 Å². The molecule has 3 heteroatoms. The van der Waals surface area contributed by atoms with Crippen LogP contribution in [0.5, 0.6) is 0 Å². The molecule has 18 heavy (non-hydrogen) atoms. The molecule has 1 saturated heterocycles. The molecular weight excluding hydrogens is 244 g/mol. The first-order valence-electron chi connectivity index (χ1n) is 6.49. The minimum Gasteiger partial charge on any atom is -0.307 e. The molecule has 0 bridgehead atoms. The van der Waals surface area contributed by atoms with Gasteiger partial charge in [0.25, 0.3) is 0 Å². The summed E-state index contributed by atoms with van der Waals surface area (Å²) in [6.45, 7) is 7.35. The van der Waals surface area contributed by atoms with Gasteiger partial charge in [-0.25, -0.2) is 0 Å². The van der Waals surface area contributed by atoms with Gasteiger partial charge in [0, 0.05) is 37.3 Å². The van der Waals surface area contributed by atoms with Gasteiger partial charge in [-0.3, -0.25) is 4.90 Å². The van der Waals surface area contributed by atoms with Crippen LogP contribution in [0.15, 0.2) is 41.4 Å². The van der Waals surface area contributed by atoms with E-state index in [-0.39, 0.29) is 0 Å². The predicted octanol–water partition coefficient (Wildman–Crippen LogP) is 3.16. The minimum atomic E-state index is 0.422. The third kappa shape index (κ3) is 3.35. The van der Waals surface area contributed by atoms with Crippen LogP contribution in [0.2, 0.25) is 0 Å². The maximum absolute atomic E-state index is 5.77. The monoisotopic (exact) mass is 264 g/mol. The Balaban J connectivity index is 2.04. The Morgan fingerprint density at radius 2 is 2.17 bits per heavy atom. The SMILES string of the molecule is C/C(=C\Cl)CN1CC(c2ccccc2)NCC1C. The highest BCUT2D eigenvalue weighted by Gasteiger charge is 2.25. The van der Waals surface area contributed by atoms with Crippen LogP contribution >= 0.6 is 11.6 Å². The second kappa shape index (κ2) is 6.37. The molecule has 1 aliphatic heterocycles. The fraction of sp³-hybridized carbons (Fsp3) is 0.467. The molecule has 1 aromatic rings. The number of rotatable bonds is 3. The van der Waals surface area contributed by atoms with E-state index >= 15 is 0 Å². The van der Waals surface area contributed by atoms with Gasteiger partial charge in [-0.1, -0.05) is 41.9 Å². The molecule has 2 atom stereocenters. The van der Waals surface area contributed by atoms with Crippen molar-refractivity contribution in [3.05, 3.63) is 47.0 Å². The van der Waals surface area contributed by atoms with Crippen LogP contribution in [0.25, 0.3) is 0 Å². The molecule has 0 amide bonds. The lowest BCUT2D eigenvalue weighted by Gasteiger charge is -2.39. The molecule has 2 nitrogen and oxygen atoms in total. The van der Waals surface area contributed by atoms with Crippen molar-refractivity contribution in [1.82, 2.24) is 10.2 Å². The van der Waals surface area contributed by atoms with Crippen molar-refractivity contribution >= 4 is 11.6 Å². The van der Waals surface area contributed by atoms with Crippen molar-refractivity contribution in [2.75, 3.05) is 19.6 Å². The van der Waals surface area contributed by atoms with E-state index in [1.54, 1.807) is 5.54 Å². The highest BCUT2D eigenvalue weighted by Crippen LogP contribution is 2.20. The molecule has 1 aliphatic rings. The van der Waals surface area contributed by atoms with Gasteiger partial charge in [-0.05, 0) is 25.0 Å². The van der Waals surface area contributed by atoms with Gasteiger partial charge in [-0.2, -0.15) is 0 Å². The zero-order chi connectivity index (χ0) is 13.0. The van der Waals surface area contributed by atoms with Crippen LogP contribution in [-0.2, 0) is 0 Å². The Labute approximate surface area is 115 Å². The van der Waals surface area contributed by atoms with Crippen molar-refractivity contribution in [1.29, 1.82) is 0 Å². The second-order valence-electron chi connectivity index (χ2n) is 5.11. The molecule has 1 aromatic carbocycles. The third-order valence-electron chi connectivity index (χ3n) is 3.54. The summed E-state index contributed by atoms with van der Waals surface area (Å²) in [4.78, 5) is 2.49. The molecule has 0 saturated carbocycles. The summed E-state index contributed by atoms with van der Waals surface area (Å²) in [7, 11) is 0. The molecule has 1 heterocycles. The summed E-state index contributed by atoms with van der Waals surface area (Å²) in [6, 6.07) is 11.6. The molecular formula is C15H21ClN2. The van der Waals surface area contributed by atoms with Gasteiger partial charge < -0.3 is 5.32 Å². The van der Waals surface area contributed by atoms with Crippen LogP contribution in [0.1, 0.15) is 25.5 Å². The van der Waals surface area contributed by atoms with Gasteiger partial charge in [0.2, 0.25) is 0 Å². The van der Waals surface area contributed by atoms with Gasteiger partial charge in [0.05, 0.1) is 0 Å². The summed E-state index contributed by atoms with van der Waals surface area (Å²) >= 11 is 5.77. The number of hydrogen-bond acceptors (Lipinski definition) is 2. The lowest BCUT2D eigenvalue weighted by atomic mass is 10.0. The molecule has 0 radical (unpaired) electrons. The average Bonchev–Trinajstić information content (AvgIpc) is 2.42. The molecule has 0 aliphatic carbocycles. The van der Waals surface area contributed by atoms with Crippen LogP contribution in [0.3, 0.4) is 0 Å². The number of hydrogen-bond donors (Lipinski definition) is 1. The largest absolute Gasteiger partial charge is 0.307 e. The summed E-state index contributed by atoms with van der Waals surface area (Å²) < 4.78 is 0. The Bertz CT molecular complexity index is 402. The number of nitrogens with zero attached hydrogens (tertiary/aromatic N) is 1. The van der Waals surface area contributed by atoms with Gasteiger partial charge in [0.1, 0.15) is 0 Å². The van der Waals surface area contributed by atoms with Crippen molar-refractivity contribution in [3.8, 4) is 0 Å². The molecule has 1 fully saturated rings. The summed E-state index contributed by atoms with van der Waals surface area (Å²) in [5.74, 6) is 0. The Morgan fingerprint density at radius 3 is 2.83 bits per heavy atom. The molecule has 98 valence electrons. The lowest BCUT2D eigenvalue weighted by Crippen LogP contribution is -2.51. The minimum absolute atomic E-state index is 0.422. The smallest absolute Gasteiger partial charge is 0.0450 e. The standard InChI is InChI=1S/C15H21ClN2/c1-12(8-16)10-18-11-15(17-9-13(18)2)14-6-4-3-5-7-14/h3-8,13,15,17H,9-11H2,1-2H3/b12-8+. The molecule has 1 N–H and O–H groups in total. The third-order valence-corrected chi connectivity index (χ3v) is 3.91. The molecule has 0 aromatic heterocycles. The highest BCUT2D eigenvalue weighted by molar-refractivity contribution is 6.25. The van der Waals surface area contributed by atoms with Crippen LogP contribution in [-0.4, -0.2) is 30.6 Å². The van der Waals surface area contributed by atoms with Crippen LogP contribution in [0.4, 0.5) is 0 Å². The fourth-order valence-corrected chi connectivity index (χ4v) is 2.47. The van der Waals surface area contributed by atoms with E-state index in [4.69, 9.17) is 11.6 Å². The molecule has 2 rings (SSSR count). The maximum Gasteiger partial charge on any atom is 0.0450 e. The van der Waals surface area contributed by atoms with Gasteiger partial charge in [0.15, 0.2) is 0 Å². The Hall–Kier alpha value is -0.830. The van der Waals surface area contributed by atoms with E-state index in [0.717, 1.165) is 19.6 Å². The molecule has 2 unspecified atom stereocenters. The van der Waals surface area contributed by atoms with Gasteiger partial charge >= 0.3 is 0 Å². The van der Waals surface area contributed by atoms with Crippen molar-refractivity contribution in [3.63, 3.8) is 0 Å². The van der Waals surface area contributed by atoms with E-state index in [9.17, 15) is 0 Å². The van der Waals surface area contributed by atoms with E-state index in [2.05, 4.69) is 54.4 Å². The summed E-state index contributed by atoms with van der Waals surface area (Å²) in [5, 5.41) is 3.61. The quantitative estimate of drug-likeness (QED) is 0.902. The Kier molecular flexibility index (Phi) is 4.81. The first kappa shape index (κ1) is 13.6. The van der Waals surface area contributed by atoms with E-state index in [0.29, 0.717) is 12.1 Å². The lowest BCUT2D eigenvalue weighted by molar-refractivity contribution is 0.153. The molecule has 0 spiro atoms. The first-order chi connectivity index (χ1) is 8.70. The second-order valence-corrected chi connectivity index (χ2v) is 5.32. The van der Waals surface area contributed by atoms with Gasteiger partial charge in [-0.15, -0.1) is 0 Å². The highest BCUT2D eigenvalue weighted by atomic mass is 35.5. The summed E-state index contributed by atoms with van der Waals surface area (Å²) in [5.41, 5.74) is 4.27. The number of piperazine rings is 1. The van der Waals surface area contributed by atoms with E-state index in [1.165, 1.54) is 11.1 Å². The van der Waals surface area contributed by atoms with Crippen LogP contribution < -0.4 is 5.32 Å². The van der Waals surface area contributed by atoms with Crippen molar-refractivity contribution in [2.45, 2.75) is 25.9 Å². The first-order valence-corrected chi connectivity index (χ1v) is 6.92. The van der Waals surface area contributed by atoms with Crippen LogP contribution in [0, 0.1) is 0 Å². The van der Waals surface area contributed by atoms with Crippen molar-refractivity contribution in [2.24, 2.45) is 0 Å².